The quantitative estimate of drug-likeness (QED) is 0.223. The lowest BCUT2D eigenvalue weighted by Crippen LogP contribution is -1.87. The molecule has 0 bridgehead atoms. The number of dihydropyridines is 2. The summed E-state index contributed by atoms with van der Waals surface area (Å²) in [6.07, 6.45) is 67.3. The van der Waals surface area contributed by atoms with Crippen molar-refractivity contribution in [3.05, 3.63) is 97.5 Å². The van der Waals surface area contributed by atoms with Gasteiger partial charge in [-0.15, -0.1) is 0 Å². The van der Waals surface area contributed by atoms with Crippen molar-refractivity contribution in [3.8, 4) is 0 Å². The second-order valence-corrected chi connectivity index (χ2v) is 11.7. The fourth-order valence-corrected chi connectivity index (χ4v) is 4.20. The van der Waals surface area contributed by atoms with Gasteiger partial charge in [0.05, 0.1) is 0 Å². The fourth-order valence-electron chi connectivity index (χ4n) is 4.20. The van der Waals surface area contributed by atoms with Crippen molar-refractivity contribution in [2.24, 2.45) is 39.9 Å². The molecule has 9 rings (SSSR count). The van der Waals surface area contributed by atoms with Crippen LogP contribution in [0.1, 0.15) is 110 Å². The van der Waals surface area contributed by atoms with Crippen molar-refractivity contribution in [2.75, 3.05) is 26.2 Å². The van der Waals surface area contributed by atoms with Crippen LogP contribution in [0, 0.1) is 0 Å². The summed E-state index contributed by atoms with van der Waals surface area (Å²) in [5.41, 5.74) is 0. The van der Waals surface area contributed by atoms with E-state index in [1.54, 1.807) is 12.7 Å². The molecule has 0 radical (unpaired) electrons. The SMILES string of the molecule is C.C1=CCCC1.C1=CCCC1.C1=CCCC=C1.C1=CCCN=C1.C1=CCCN=C1.C1=CN=CCC1.C1=CN=CCC1.C1=NC=NCC1.C1=NC=NCC1. The third kappa shape index (κ3) is 43.4. The van der Waals surface area contributed by atoms with Gasteiger partial charge in [0.2, 0.25) is 0 Å². The van der Waals surface area contributed by atoms with E-state index in [9.17, 15) is 0 Å². The Hall–Kier alpha value is -4.72. The molecule has 0 amide bonds. The molecule has 0 N–H and O–H groups in total. The predicted molar refractivity (Wildman–Crippen MR) is 241 cm³/mol. The van der Waals surface area contributed by atoms with Crippen LogP contribution in [-0.2, 0) is 0 Å². The summed E-state index contributed by atoms with van der Waals surface area (Å²) in [7, 11) is 0. The summed E-state index contributed by atoms with van der Waals surface area (Å²) in [6.45, 7) is 3.81. The average Bonchev–Trinajstić information content (AvgIpc) is 4.08. The molecule has 288 valence electrons. The van der Waals surface area contributed by atoms with Crippen LogP contribution < -0.4 is 0 Å². The molecule has 6 aliphatic heterocycles. The van der Waals surface area contributed by atoms with Crippen LogP contribution in [0.5, 0.6) is 0 Å². The Kier molecular flexibility index (Phi) is 41.3. The van der Waals surface area contributed by atoms with E-state index in [-0.39, 0.29) is 7.43 Å². The zero-order valence-corrected chi connectivity index (χ0v) is 31.6. The zero-order chi connectivity index (χ0) is 36.8. The summed E-state index contributed by atoms with van der Waals surface area (Å²) in [4.78, 5) is 30.9. The molecule has 0 aromatic heterocycles. The maximum absolute atomic E-state index is 3.97. The second-order valence-electron chi connectivity index (χ2n) is 11.7. The minimum atomic E-state index is 0. The lowest BCUT2D eigenvalue weighted by Gasteiger charge is -1.88. The van der Waals surface area contributed by atoms with Crippen molar-refractivity contribution >= 4 is 50.0 Å². The molecule has 0 fully saturated rings. The third-order valence-electron chi connectivity index (χ3n) is 7.01. The highest BCUT2D eigenvalue weighted by Gasteiger charge is 1.86. The van der Waals surface area contributed by atoms with Gasteiger partial charge in [0.25, 0.3) is 0 Å². The maximum Gasteiger partial charge on any atom is 0.109 e. The number of aliphatic imine (C=N–C) groups is 8. The number of nitrogens with zero attached hydrogens (tertiary/aromatic N) is 8. The van der Waals surface area contributed by atoms with Gasteiger partial charge < -0.3 is 0 Å². The first-order valence-electron chi connectivity index (χ1n) is 19.2. The Labute approximate surface area is 322 Å². The summed E-state index contributed by atoms with van der Waals surface area (Å²) in [5.74, 6) is 0. The molecular weight excluding hydrogens is 653 g/mol. The van der Waals surface area contributed by atoms with Crippen molar-refractivity contribution in [1.82, 2.24) is 0 Å². The van der Waals surface area contributed by atoms with Crippen LogP contribution in [0.4, 0.5) is 0 Å². The molecule has 8 nitrogen and oxygen atoms in total. The highest BCUT2D eigenvalue weighted by Crippen LogP contribution is 2.05. The standard InChI is InChI=1S/C6H8.4C5H7N.2C5H8.2C4H6N2.CH4/c5*1-2-4-6-5-3-1;2*1-2-4-5-3-1;2*1-2-5-4-6-3-1;/h1-4H,5-6H2;2*2,4-5H,1,3H2;2*1-2,4H,3,5H2;2*1-2H,3-5H2;2*2,4H,1,3H2;1H4. The predicted octanol–water partition coefficient (Wildman–Crippen LogP) is 11.7. The van der Waals surface area contributed by atoms with E-state index >= 15 is 0 Å². The molecule has 0 aromatic carbocycles. The van der Waals surface area contributed by atoms with Gasteiger partial charge in [0, 0.05) is 88.7 Å². The minimum absolute atomic E-state index is 0. The normalized spacial score (nSPS) is 18.7. The number of hydrogen-bond donors (Lipinski definition) is 0. The van der Waals surface area contributed by atoms with Gasteiger partial charge in [-0.3, -0.25) is 30.0 Å². The number of rotatable bonds is 0. The highest BCUT2D eigenvalue weighted by atomic mass is 14.9. The molecule has 3 aliphatic carbocycles. The Morgan fingerprint density at radius 3 is 0.755 bits per heavy atom. The summed E-state index contributed by atoms with van der Waals surface area (Å²) in [5, 5.41) is 0. The molecule has 8 heteroatoms. The Morgan fingerprint density at radius 2 is 0.660 bits per heavy atom. The molecule has 0 atom stereocenters. The zero-order valence-electron chi connectivity index (χ0n) is 31.6. The third-order valence-corrected chi connectivity index (χ3v) is 7.01. The molecule has 6 heterocycles. The maximum atomic E-state index is 3.97. The van der Waals surface area contributed by atoms with Gasteiger partial charge in [-0.05, 0) is 102 Å². The van der Waals surface area contributed by atoms with E-state index in [1.165, 1.54) is 64.2 Å². The van der Waals surface area contributed by atoms with Gasteiger partial charge in [-0.2, -0.15) is 0 Å². The molecule has 0 unspecified atom stereocenters. The van der Waals surface area contributed by atoms with Crippen LogP contribution >= 0.6 is 0 Å². The first-order chi connectivity index (χ1) is 26.0. The van der Waals surface area contributed by atoms with Crippen LogP contribution in [0.2, 0.25) is 0 Å². The lowest BCUT2D eigenvalue weighted by molar-refractivity contribution is 0.929. The van der Waals surface area contributed by atoms with Crippen molar-refractivity contribution in [1.29, 1.82) is 0 Å². The molecule has 9 aliphatic rings. The van der Waals surface area contributed by atoms with E-state index in [0.717, 1.165) is 64.7 Å². The highest BCUT2D eigenvalue weighted by molar-refractivity contribution is 5.75. The van der Waals surface area contributed by atoms with E-state index in [0.29, 0.717) is 0 Å². The molecule has 0 spiro atoms. The Balaban J connectivity index is 0.000000573. The summed E-state index contributed by atoms with van der Waals surface area (Å²) in [6, 6.07) is 0. The van der Waals surface area contributed by atoms with E-state index in [1.807, 2.05) is 61.8 Å². The van der Waals surface area contributed by atoms with Gasteiger partial charge in [-0.1, -0.05) is 80.3 Å². The molecule has 53 heavy (non-hydrogen) atoms. The van der Waals surface area contributed by atoms with Gasteiger partial charge >= 0.3 is 0 Å². The largest absolute Gasteiger partial charge is 0.293 e. The van der Waals surface area contributed by atoms with Crippen LogP contribution in [0.25, 0.3) is 0 Å². The van der Waals surface area contributed by atoms with Crippen molar-refractivity contribution in [3.63, 3.8) is 0 Å². The molecule has 0 saturated heterocycles. The topological polar surface area (TPSA) is 98.9 Å². The smallest absolute Gasteiger partial charge is 0.109 e. The van der Waals surface area contributed by atoms with Gasteiger partial charge in [0.15, 0.2) is 0 Å². The average molecular weight is 721 g/mol. The second kappa shape index (κ2) is 45.3. The van der Waals surface area contributed by atoms with Crippen molar-refractivity contribution < 1.29 is 0 Å². The van der Waals surface area contributed by atoms with Crippen LogP contribution in [0.3, 0.4) is 0 Å². The Bertz CT molecular complexity index is 949. The fraction of sp³-hybridized carbons (Fsp3) is 0.467. The molecule has 0 saturated carbocycles. The van der Waals surface area contributed by atoms with E-state index in [2.05, 4.69) is 113 Å². The van der Waals surface area contributed by atoms with Gasteiger partial charge in [-0.25, -0.2) is 9.98 Å². The summed E-state index contributed by atoms with van der Waals surface area (Å²) < 4.78 is 0. The van der Waals surface area contributed by atoms with Crippen molar-refractivity contribution in [2.45, 2.75) is 110 Å². The Morgan fingerprint density at radius 1 is 0.283 bits per heavy atom. The van der Waals surface area contributed by atoms with Crippen LogP contribution in [0.15, 0.2) is 137 Å². The minimum Gasteiger partial charge on any atom is -0.293 e. The first kappa shape index (κ1) is 48.3. The van der Waals surface area contributed by atoms with Crippen LogP contribution in [-0.4, -0.2) is 76.1 Å². The first-order valence-corrected chi connectivity index (χ1v) is 19.2. The lowest BCUT2D eigenvalue weighted by atomic mass is 10.2. The van der Waals surface area contributed by atoms with E-state index in [4.69, 9.17) is 0 Å². The van der Waals surface area contributed by atoms with Gasteiger partial charge in [0.1, 0.15) is 12.7 Å². The number of allylic oxidation sites excluding steroid dienone is 12. The molecule has 0 aromatic rings. The summed E-state index contributed by atoms with van der Waals surface area (Å²) >= 11 is 0. The molecular formula is C45H68N8. The monoisotopic (exact) mass is 721 g/mol. The number of hydrogen-bond acceptors (Lipinski definition) is 8. The van der Waals surface area contributed by atoms with E-state index < -0.39 is 0 Å².